The number of aromatic nitrogens is 2. The number of rotatable bonds is 2. The Hall–Kier alpha value is -1.83. The third-order valence-electron chi connectivity index (χ3n) is 2.46. The van der Waals surface area contributed by atoms with Crippen molar-refractivity contribution < 1.29 is 23.1 Å². The van der Waals surface area contributed by atoms with Crippen LogP contribution in [-0.4, -0.2) is 20.9 Å². The smallest absolute Gasteiger partial charge is 0.357 e. The number of benzene rings is 1. The zero-order chi connectivity index (χ0) is 14.3. The van der Waals surface area contributed by atoms with E-state index in [1.165, 1.54) is 6.92 Å². The van der Waals surface area contributed by atoms with Crippen LogP contribution in [0.3, 0.4) is 0 Å². The highest BCUT2D eigenvalue weighted by Gasteiger charge is 2.21. The molecular weight excluding hydrogens is 329 g/mol. The van der Waals surface area contributed by atoms with Gasteiger partial charge in [-0.15, -0.1) is 0 Å². The van der Waals surface area contributed by atoms with Crippen LogP contribution in [0.1, 0.15) is 16.2 Å². The second-order valence-corrected chi connectivity index (χ2v) is 4.48. The molecule has 0 aliphatic rings. The highest BCUT2D eigenvalue weighted by molar-refractivity contribution is 9.10. The van der Waals surface area contributed by atoms with E-state index in [0.29, 0.717) is 12.1 Å². The molecule has 0 aliphatic heterocycles. The van der Waals surface area contributed by atoms with Crippen molar-refractivity contribution in [2.24, 2.45) is 0 Å². The molecule has 8 heteroatoms. The van der Waals surface area contributed by atoms with Gasteiger partial charge in [0.05, 0.1) is 10.2 Å². The molecule has 0 aliphatic carbocycles. The van der Waals surface area contributed by atoms with E-state index in [0.717, 1.165) is 4.68 Å². The van der Waals surface area contributed by atoms with E-state index in [1.807, 2.05) is 0 Å². The fraction of sp³-hybridized carbons (Fsp3) is 0.0909. The molecule has 0 radical (unpaired) electrons. The fourth-order valence-electron chi connectivity index (χ4n) is 1.53. The Kier molecular flexibility index (Phi) is 3.36. The fourth-order valence-corrected chi connectivity index (χ4v) is 1.95. The second kappa shape index (κ2) is 4.69. The molecule has 19 heavy (non-hydrogen) atoms. The van der Waals surface area contributed by atoms with Gasteiger partial charge in [-0.25, -0.2) is 22.6 Å². The summed E-state index contributed by atoms with van der Waals surface area (Å²) in [7, 11) is 0. The van der Waals surface area contributed by atoms with Gasteiger partial charge in [0.15, 0.2) is 23.1 Å². The predicted octanol–water partition coefficient (Wildman–Crippen LogP) is 3.06. The normalized spacial score (nSPS) is 10.8. The highest BCUT2D eigenvalue weighted by atomic mass is 79.9. The first kappa shape index (κ1) is 13.6. The minimum Gasteiger partial charge on any atom is -0.476 e. The zero-order valence-corrected chi connectivity index (χ0v) is 11.0. The molecule has 0 spiro atoms. The summed E-state index contributed by atoms with van der Waals surface area (Å²) < 4.78 is 40.6. The lowest BCUT2D eigenvalue weighted by Crippen LogP contribution is -2.05. The zero-order valence-electron chi connectivity index (χ0n) is 9.42. The van der Waals surface area contributed by atoms with Gasteiger partial charge in [0.1, 0.15) is 5.69 Å². The van der Waals surface area contributed by atoms with Crippen LogP contribution < -0.4 is 0 Å². The van der Waals surface area contributed by atoms with E-state index in [-0.39, 0.29) is 21.5 Å². The van der Waals surface area contributed by atoms with Crippen LogP contribution in [0.15, 0.2) is 16.6 Å². The lowest BCUT2D eigenvalue weighted by molar-refractivity contribution is 0.0689. The maximum atomic E-state index is 13.6. The molecule has 1 heterocycles. The molecule has 2 rings (SSSR count). The molecule has 0 amide bonds. The third-order valence-corrected chi connectivity index (χ3v) is 3.41. The minimum absolute atomic E-state index is 0.143. The van der Waals surface area contributed by atoms with Crippen molar-refractivity contribution in [1.82, 2.24) is 9.78 Å². The van der Waals surface area contributed by atoms with Crippen LogP contribution in [0.25, 0.3) is 5.69 Å². The van der Waals surface area contributed by atoms with Gasteiger partial charge in [0, 0.05) is 12.1 Å². The number of hydrogen-bond acceptors (Lipinski definition) is 2. The van der Waals surface area contributed by atoms with Crippen molar-refractivity contribution in [1.29, 1.82) is 0 Å². The maximum Gasteiger partial charge on any atom is 0.357 e. The van der Waals surface area contributed by atoms with Crippen molar-refractivity contribution >= 4 is 21.9 Å². The summed E-state index contributed by atoms with van der Waals surface area (Å²) in [5.41, 5.74) is -0.464. The molecule has 1 aromatic heterocycles. The highest BCUT2D eigenvalue weighted by Crippen LogP contribution is 2.26. The summed E-state index contributed by atoms with van der Waals surface area (Å²) in [5.74, 6) is -4.95. The monoisotopic (exact) mass is 334 g/mol. The van der Waals surface area contributed by atoms with Crippen LogP contribution >= 0.6 is 15.9 Å². The number of hydrogen-bond donors (Lipinski definition) is 1. The van der Waals surface area contributed by atoms with E-state index in [2.05, 4.69) is 21.0 Å². The Bertz CT molecular complexity index is 685. The molecule has 0 bridgehead atoms. The molecule has 0 saturated carbocycles. The molecule has 4 nitrogen and oxygen atoms in total. The van der Waals surface area contributed by atoms with E-state index in [1.54, 1.807) is 0 Å². The van der Waals surface area contributed by atoms with Gasteiger partial charge >= 0.3 is 5.97 Å². The third kappa shape index (κ3) is 2.23. The Labute approximate surface area is 113 Å². The Balaban J connectivity index is 2.69. The summed E-state index contributed by atoms with van der Waals surface area (Å²) in [6.07, 6.45) is 0. The van der Waals surface area contributed by atoms with Crippen molar-refractivity contribution in [3.8, 4) is 5.69 Å². The number of nitrogens with zero attached hydrogens (tertiary/aromatic N) is 2. The average molecular weight is 335 g/mol. The van der Waals surface area contributed by atoms with Crippen LogP contribution in [0.2, 0.25) is 0 Å². The van der Waals surface area contributed by atoms with Crippen LogP contribution in [0.5, 0.6) is 0 Å². The Morgan fingerprint density at radius 2 is 1.84 bits per heavy atom. The molecule has 100 valence electrons. The lowest BCUT2D eigenvalue weighted by atomic mass is 10.2. The average Bonchev–Trinajstić information content (AvgIpc) is 2.62. The topological polar surface area (TPSA) is 55.1 Å². The number of carboxylic acid groups (broad SMARTS) is 1. The van der Waals surface area contributed by atoms with Gasteiger partial charge in [-0.1, -0.05) is 0 Å². The largest absolute Gasteiger partial charge is 0.476 e. The van der Waals surface area contributed by atoms with Gasteiger partial charge in [-0.05, 0) is 22.9 Å². The number of halogens is 4. The number of carbonyl (C=O) groups is 1. The maximum absolute atomic E-state index is 13.6. The SMILES string of the molecule is Cc1c(Br)c(C(=O)O)nn1-c1cc(F)c(F)cc1F. The summed E-state index contributed by atoms with van der Waals surface area (Å²) in [6.45, 7) is 1.46. The molecule has 2 aromatic rings. The second-order valence-electron chi connectivity index (χ2n) is 3.68. The first-order chi connectivity index (χ1) is 8.82. The summed E-state index contributed by atoms with van der Waals surface area (Å²) in [5, 5.41) is 12.5. The predicted molar refractivity (Wildman–Crippen MR) is 62.8 cm³/mol. The van der Waals surface area contributed by atoms with E-state index in [9.17, 15) is 18.0 Å². The Morgan fingerprint density at radius 3 is 2.37 bits per heavy atom. The first-order valence-electron chi connectivity index (χ1n) is 4.96. The lowest BCUT2D eigenvalue weighted by Gasteiger charge is -2.06. The Morgan fingerprint density at radius 1 is 1.26 bits per heavy atom. The molecule has 1 aromatic carbocycles. The molecular formula is C11H6BrF3N2O2. The van der Waals surface area contributed by atoms with Crippen molar-refractivity contribution in [2.45, 2.75) is 6.92 Å². The summed E-state index contributed by atoms with van der Waals surface area (Å²) in [6, 6.07) is 0.989. The quantitative estimate of drug-likeness (QED) is 0.859. The molecule has 1 N–H and O–H groups in total. The van der Waals surface area contributed by atoms with Gasteiger partial charge < -0.3 is 5.11 Å². The van der Waals surface area contributed by atoms with Crippen molar-refractivity contribution in [3.05, 3.63) is 45.4 Å². The molecule has 0 saturated heterocycles. The van der Waals surface area contributed by atoms with Crippen molar-refractivity contribution in [2.75, 3.05) is 0 Å². The first-order valence-corrected chi connectivity index (χ1v) is 5.75. The molecule has 0 unspecified atom stereocenters. The van der Waals surface area contributed by atoms with Crippen LogP contribution in [0.4, 0.5) is 13.2 Å². The molecule has 0 fully saturated rings. The van der Waals surface area contributed by atoms with Gasteiger partial charge in [-0.3, -0.25) is 0 Å². The van der Waals surface area contributed by atoms with E-state index >= 15 is 0 Å². The van der Waals surface area contributed by atoms with E-state index in [4.69, 9.17) is 5.11 Å². The van der Waals surface area contributed by atoms with Gasteiger partial charge in [0.2, 0.25) is 0 Å². The van der Waals surface area contributed by atoms with E-state index < -0.39 is 23.4 Å². The van der Waals surface area contributed by atoms with Gasteiger partial charge in [0.25, 0.3) is 0 Å². The summed E-state index contributed by atoms with van der Waals surface area (Å²) >= 11 is 3.00. The van der Waals surface area contributed by atoms with Crippen LogP contribution in [-0.2, 0) is 0 Å². The molecule has 0 atom stereocenters. The number of aromatic carboxylic acids is 1. The summed E-state index contributed by atoms with van der Waals surface area (Å²) in [4.78, 5) is 10.9. The van der Waals surface area contributed by atoms with Crippen LogP contribution in [0, 0.1) is 24.4 Å². The standard InChI is InChI=1S/C11H6BrF3N2O2/c1-4-9(12)10(11(18)19)16-17(4)8-3-6(14)5(13)2-7(8)15/h2-3H,1H3,(H,18,19). The number of carboxylic acids is 1. The van der Waals surface area contributed by atoms with Crippen molar-refractivity contribution in [3.63, 3.8) is 0 Å². The van der Waals surface area contributed by atoms with Gasteiger partial charge in [-0.2, -0.15) is 5.10 Å². The minimum atomic E-state index is -1.33.